The Labute approximate surface area is 137 Å². The fourth-order valence-corrected chi connectivity index (χ4v) is 2.97. The van der Waals surface area contributed by atoms with E-state index in [1.807, 2.05) is 31.2 Å². The van der Waals surface area contributed by atoms with Crippen LogP contribution < -0.4 is 4.74 Å². The standard InChI is InChI=1S/C17H13Cl2NO2/c1-10-16(11-5-2-3-8-14(11)20-10)15(21)9-22-17-12(18)6-4-7-13(17)19/h2-8,20H,9H2,1H3. The van der Waals surface area contributed by atoms with Crippen molar-refractivity contribution in [1.82, 2.24) is 4.98 Å². The number of H-pyrrole nitrogens is 1. The number of nitrogens with one attached hydrogen (secondary N) is 1. The van der Waals surface area contributed by atoms with E-state index in [-0.39, 0.29) is 12.4 Å². The SMILES string of the molecule is Cc1[nH]c2ccccc2c1C(=O)COc1c(Cl)cccc1Cl. The number of aryl methyl sites for hydroxylation is 1. The number of Topliss-reactive ketones (excluding diaryl/α,β-unsaturated/α-hetero) is 1. The molecule has 0 amide bonds. The molecule has 5 heteroatoms. The molecule has 0 aliphatic rings. The van der Waals surface area contributed by atoms with E-state index in [2.05, 4.69) is 4.98 Å². The summed E-state index contributed by atoms with van der Waals surface area (Å²) in [5, 5.41) is 1.66. The van der Waals surface area contributed by atoms with Gasteiger partial charge in [-0.15, -0.1) is 0 Å². The fourth-order valence-electron chi connectivity index (χ4n) is 2.47. The zero-order valence-electron chi connectivity index (χ0n) is 11.8. The van der Waals surface area contributed by atoms with Crippen molar-refractivity contribution in [2.75, 3.05) is 6.61 Å². The molecule has 1 N–H and O–H groups in total. The second-order valence-electron chi connectivity index (χ2n) is 4.93. The molecular formula is C17H13Cl2NO2. The summed E-state index contributed by atoms with van der Waals surface area (Å²) in [6.07, 6.45) is 0. The maximum atomic E-state index is 12.5. The lowest BCUT2D eigenvalue weighted by Crippen LogP contribution is -2.12. The van der Waals surface area contributed by atoms with Gasteiger partial charge in [-0.05, 0) is 25.1 Å². The van der Waals surface area contributed by atoms with Gasteiger partial charge in [0, 0.05) is 22.2 Å². The maximum Gasteiger partial charge on any atom is 0.202 e. The van der Waals surface area contributed by atoms with Crippen LogP contribution in [0.25, 0.3) is 10.9 Å². The van der Waals surface area contributed by atoms with Crippen molar-refractivity contribution in [2.24, 2.45) is 0 Å². The molecule has 0 saturated heterocycles. The fraction of sp³-hybridized carbons (Fsp3) is 0.118. The maximum absolute atomic E-state index is 12.5. The second-order valence-corrected chi connectivity index (χ2v) is 5.75. The van der Waals surface area contributed by atoms with Crippen LogP contribution >= 0.6 is 23.2 Å². The van der Waals surface area contributed by atoms with Crippen molar-refractivity contribution in [3.8, 4) is 5.75 Å². The molecular weight excluding hydrogens is 321 g/mol. The van der Waals surface area contributed by atoms with Crippen LogP contribution in [0.3, 0.4) is 0 Å². The molecule has 3 rings (SSSR count). The molecule has 0 atom stereocenters. The van der Waals surface area contributed by atoms with Crippen LogP contribution in [0.15, 0.2) is 42.5 Å². The Morgan fingerprint density at radius 1 is 1.09 bits per heavy atom. The topological polar surface area (TPSA) is 42.1 Å². The van der Waals surface area contributed by atoms with E-state index >= 15 is 0 Å². The summed E-state index contributed by atoms with van der Waals surface area (Å²) in [6, 6.07) is 12.7. The first-order valence-electron chi connectivity index (χ1n) is 6.75. The molecule has 0 aliphatic heterocycles. The summed E-state index contributed by atoms with van der Waals surface area (Å²) < 4.78 is 5.53. The molecule has 0 spiro atoms. The lowest BCUT2D eigenvalue weighted by atomic mass is 10.1. The smallest absolute Gasteiger partial charge is 0.202 e. The summed E-state index contributed by atoms with van der Waals surface area (Å²) in [4.78, 5) is 15.7. The van der Waals surface area contributed by atoms with Crippen molar-refractivity contribution in [2.45, 2.75) is 6.92 Å². The lowest BCUT2D eigenvalue weighted by molar-refractivity contribution is 0.0923. The number of rotatable bonds is 4. The van der Waals surface area contributed by atoms with Crippen LogP contribution in [0, 0.1) is 6.92 Å². The van der Waals surface area contributed by atoms with Crippen molar-refractivity contribution in [3.63, 3.8) is 0 Å². The predicted octanol–water partition coefficient (Wildman–Crippen LogP) is 5.04. The Balaban J connectivity index is 1.87. The number of para-hydroxylation sites is 2. The van der Waals surface area contributed by atoms with E-state index in [0.29, 0.717) is 21.4 Å². The third kappa shape index (κ3) is 2.70. The minimum absolute atomic E-state index is 0.119. The van der Waals surface area contributed by atoms with Gasteiger partial charge in [0.15, 0.2) is 12.4 Å². The Morgan fingerprint density at radius 3 is 2.50 bits per heavy atom. The van der Waals surface area contributed by atoms with E-state index in [9.17, 15) is 4.79 Å². The number of benzene rings is 2. The minimum atomic E-state index is -0.120. The molecule has 112 valence electrons. The largest absolute Gasteiger partial charge is 0.482 e. The third-order valence-corrected chi connectivity index (χ3v) is 4.03. The lowest BCUT2D eigenvalue weighted by Gasteiger charge is -2.09. The van der Waals surface area contributed by atoms with E-state index in [1.54, 1.807) is 18.2 Å². The summed E-state index contributed by atoms with van der Waals surface area (Å²) >= 11 is 12.1. The number of ether oxygens (including phenoxy) is 1. The number of ketones is 1. The van der Waals surface area contributed by atoms with Crippen LogP contribution in [-0.2, 0) is 0 Å². The first-order valence-corrected chi connectivity index (χ1v) is 7.51. The zero-order valence-corrected chi connectivity index (χ0v) is 13.3. The number of aromatic amines is 1. The first kappa shape index (κ1) is 14.9. The van der Waals surface area contributed by atoms with E-state index < -0.39 is 0 Å². The van der Waals surface area contributed by atoms with E-state index in [0.717, 1.165) is 16.6 Å². The highest BCUT2D eigenvalue weighted by molar-refractivity contribution is 6.37. The van der Waals surface area contributed by atoms with E-state index in [1.165, 1.54) is 0 Å². The molecule has 0 unspecified atom stereocenters. The summed E-state index contributed by atoms with van der Waals surface area (Å²) in [5.41, 5.74) is 2.39. The second kappa shape index (κ2) is 6.03. The normalized spacial score (nSPS) is 10.9. The first-order chi connectivity index (χ1) is 10.6. The molecule has 1 heterocycles. The van der Waals surface area contributed by atoms with Crippen LogP contribution in [0.5, 0.6) is 5.75 Å². The average Bonchev–Trinajstić information content (AvgIpc) is 2.82. The van der Waals surface area contributed by atoms with Crippen LogP contribution in [0.1, 0.15) is 16.1 Å². The average molecular weight is 334 g/mol. The van der Waals surface area contributed by atoms with Gasteiger partial charge < -0.3 is 9.72 Å². The van der Waals surface area contributed by atoms with Gasteiger partial charge >= 0.3 is 0 Å². The summed E-state index contributed by atoms with van der Waals surface area (Å²) in [7, 11) is 0. The van der Waals surface area contributed by atoms with Gasteiger partial charge in [-0.1, -0.05) is 47.5 Å². The van der Waals surface area contributed by atoms with Crippen LogP contribution in [0.4, 0.5) is 0 Å². The molecule has 22 heavy (non-hydrogen) atoms. The van der Waals surface area contributed by atoms with Crippen molar-refractivity contribution in [1.29, 1.82) is 0 Å². The van der Waals surface area contributed by atoms with Gasteiger partial charge in [-0.25, -0.2) is 0 Å². The highest BCUT2D eigenvalue weighted by Gasteiger charge is 2.17. The van der Waals surface area contributed by atoms with Crippen molar-refractivity contribution in [3.05, 3.63) is 63.8 Å². The van der Waals surface area contributed by atoms with Gasteiger partial charge in [0.25, 0.3) is 0 Å². The Kier molecular flexibility index (Phi) is 4.10. The zero-order chi connectivity index (χ0) is 15.7. The number of carbonyl (C=O) groups is 1. The molecule has 2 aromatic carbocycles. The monoisotopic (exact) mass is 333 g/mol. The number of carbonyl (C=O) groups excluding carboxylic acids is 1. The molecule has 3 nitrogen and oxygen atoms in total. The van der Waals surface area contributed by atoms with Gasteiger partial charge in [-0.3, -0.25) is 4.79 Å². The number of aromatic nitrogens is 1. The van der Waals surface area contributed by atoms with E-state index in [4.69, 9.17) is 27.9 Å². The van der Waals surface area contributed by atoms with Crippen molar-refractivity contribution < 1.29 is 9.53 Å². The van der Waals surface area contributed by atoms with Gasteiger partial charge in [0.2, 0.25) is 5.78 Å². The Morgan fingerprint density at radius 2 is 1.77 bits per heavy atom. The quantitative estimate of drug-likeness (QED) is 0.679. The number of halogens is 2. The van der Waals surface area contributed by atoms with Gasteiger partial charge in [0.05, 0.1) is 10.0 Å². The molecule has 1 aromatic heterocycles. The Bertz CT molecular complexity index is 835. The summed E-state index contributed by atoms with van der Waals surface area (Å²) in [5.74, 6) is 0.211. The summed E-state index contributed by atoms with van der Waals surface area (Å²) in [6.45, 7) is 1.75. The highest BCUT2D eigenvalue weighted by atomic mass is 35.5. The molecule has 0 aliphatic carbocycles. The predicted molar refractivity (Wildman–Crippen MR) is 89.3 cm³/mol. The molecule has 0 radical (unpaired) electrons. The van der Waals surface area contributed by atoms with Gasteiger partial charge in [0.1, 0.15) is 0 Å². The van der Waals surface area contributed by atoms with Gasteiger partial charge in [-0.2, -0.15) is 0 Å². The molecule has 0 fully saturated rings. The minimum Gasteiger partial charge on any atom is -0.482 e. The van der Waals surface area contributed by atoms with Crippen LogP contribution in [0.2, 0.25) is 10.0 Å². The number of fused-ring (bicyclic) bond motifs is 1. The third-order valence-electron chi connectivity index (χ3n) is 3.44. The molecule has 0 bridgehead atoms. The highest BCUT2D eigenvalue weighted by Crippen LogP contribution is 2.32. The van der Waals surface area contributed by atoms with Crippen LogP contribution in [-0.4, -0.2) is 17.4 Å². The number of hydrogen-bond acceptors (Lipinski definition) is 2. The number of hydrogen-bond donors (Lipinski definition) is 1. The molecule has 0 saturated carbocycles. The Hall–Kier alpha value is -1.97. The van der Waals surface area contributed by atoms with Crippen molar-refractivity contribution >= 4 is 39.9 Å². The molecule has 3 aromatic rings.